The predicted octanol–water partition coefficient (Wildman–Crippen LogP) is 1.95. The van der Waals surface area contributed by atoms with Crippen LogP contribution in [0.25, 0.3) is 11.2 Å². The van der Waals surface area contributed by atoms with Gasteiger partial charge in [0.15, 0.2) is 11.5 Å². The van der Waals surface area contributed by atoms with Crippen molar-refractivity contribution < 1.29 is 0 Å². The molecule has 0 atom stereocenters. The maximum Gasteiger partial charge on any atom is 0.162 e. The van der Waals surface area contributed by atoms with E-state index < -0.39 is 0 Å². The Bertz CT molecular complexity index is 432. The van der Waals surface area contributed by atoms with E-state index in [4.69, 9.17) is 0 Å². The first-order chi connectivity index (χ1) is 7.35. The highest BCUT2D eigenvalue weighted by atomic mass is 15.1. The van der Waals surface area contributed by atoms with Gasteiger partial charge in [0.25, 0.3) is 0 Å². The second-order valence-corrected chi connectivity index (χ2v) is 3.48. The summed E-state index contributed by atoms with van der Waals surface area (Å²) in [5.74, 6) is 0.815. The summed E-state index contributed by atoms with van der Waals surface area (Å²) in [5, 5.41) is 3.37. The van der Waals surface area contributed by atoms with E-state index >= 15 is 0 Å². The van der Waals surface area contributed by atoms with Crippen LogP contribution in [0, 0.1) is 0 Å². The minimum atomic E-state index is 0.444. The van der Waals surface area contributed by atoms with Gasteiger partial charge in [0.1, 0.15) is 11.8 Å². The Hall–Kier alpha value is -1.65. The van der Waals surface area contributed by atoms with Crippen molar-refractivity contribution in [2.75, 3.05) is 5.32 Å². The number of nitrogens with zero attached hydrogens (tertiary/aromatic N) is 3. The number of H-pyrrole nitrogens is 1. The maximum absolute atomic E-state index is 4.21. The lowest BCUT2D eigenvalue weighted by Gasteiger charge is -2.14. The van der Waals surface area contributed by atoms with Gasteiger partial charge in [-0.3, -0.25) is 0 Å². The highest BCUT2D eigenvalue weighted by Crippen LogP contribution is 2.16. The number of rotatable bonds is 4. The molecule has 5 heteroatoms. The Kier molecular flexibility index (Phi) is 2.80. The van der Waals surface area contributed by atoms with Crippen LogP contribution in [0.3, 0.4) is 0 Å². The van der Waals surface area contributed by atoms with Gasteiger partial charge in [-0.25, -0.2) is 15.0 Å². The average Bonchev–Trinajstić information content (AvgIpc) is 2.74. The van der Waals surface area contributed by atoms with Crippen molar-refractivity contribution in [3.05, 3.63) is 12.7 Å². The molecular weight excluding hydrogens is 190 g/mol. The summed E-state index contributed by atoms with van der Waals surface area (Å²) in [5.41, 5.74) is 1.59. The van der Waals surface area contributed by atoms with Gasteiger partial charge in [0.2, 0.25) is 0 Å². The summed E-state index contributed by atoms with van der Waals surface area (Å²) in [4.78, 5) is 15.5. The highest BCUT2D eigenvalue weighted by molar-refractivity contribution is 5.81. The lowest BCUT2D eigenvalue weighted by atomic mass is 10.2. The Labute approximate surface area is 88.4 Å². The van der Waals surface area contributed by atoms with Crippen molar-refractivity contribution >= 4 is 17.0 Å². The summed E-state index contributed by atoms with van der Waals surface area (Å²) < 4.78 is 0. The van der Waals surface area contributed by atoms with Crippen molar-refractivity contribution in [3.63, 3.8) is 0 Å². The van der Waals surface area contributed by atoms with Crippen molar-refractivity contribution in [2.24, 2.45) is 0 Å². The molecule has 0 radical (unpaired) electrons. The molecule has 5 nitrogen and oxygen atoms in total. The molecule has 2 aromatic heterocycles. The van der Waals surface area contributed by atoms with Crippen molar-refractivity contribution in [3.8, 4) is 0 Å². The quantitative estimate of drug-likeness (QED) is 0.800. The normalized spacial score (nSPS) is 11.1. The molecule has 80 valence electrons. The van der Waals surface area contributed by atoms with Gasteiger partial charge < -0.3 is 10.3 Å². The third-order valence-electron chi connectivity index (χ3n) is 2.54. The number of aromatic amines is 1. The molecule has 0 amide bonds. The summed E-state index contributed by atoms with van der Waals surface area (Å²) in [6.45, 7) is 4.31. The topological polar surface area (TPSA) is 66.5 Å². The van der Waals surface area contributed by atoms with Gasteiger partial charge in [-0.05, 0) is 12.8 Å². The molecule has 2 N–H and O–H groups in total. The van der Waals surface area contributed by atoms with E-state index in [1.807, 2.05) is 0 Å². The van der Waals surface area contributed by atoms with Crippen molar-refractivity contribution in [1.82, 2.24) is 19.9 Å². The Balaban J connectivity index is 2.30. The van der Waals surface area contributed by atoms with E-state index in [-0.39, 0.29) is 0 Å². The molecular formula is C10H15N5. The minimum Gasteiger partial charge on any atom is -0.365 e. The largest absolute Gasteiger partial charge is 0.365 e. The molecule has 0 aromatic carbocycles. The zero-order chi connectivity index (χ0) is 10.7. The monoisotopic (exact) mass is 205 g/mol. The summed E-state index contributed by atoms with van der Waals surface area (Å²) in [6.07, 6.45) is 5.33. The van der Waals surface area contributed by atoms with Gasteiger partial charge in [-0.1, -0.05) is 13.8 Å². The molecule has 2 heterocycles. The first-order valence-corrected chi connectivity index (χ1v) is 5.25. The Morgan fingerprint density at radius 2 is 2.07 bits per heavy atom. The number of aromatic nitrogens is 4. The Morgan fingerprint density at radius 3 is 2.80 bits per heavy atom. The van der Waals surface area contributed by atoms with Crippen LogP contribution in [-0.2, 0) is 0 Å². The molecule has 0 saturated carbocycles. The van der Waals surface area contributed by atoms with Crippen LogP contribution >= 0.6 is 0 Å². The molecule has 0 aliphatic heterocycles. The SMILES string of the molecule is CCC(CC)Nc1ncnc2[nH]cnc12. The second kappa shape index (κ2) is 4.25. The number of hydrogen-bond acceptors (Lipinski definition) is 4. The zero-order valence-corrected chi connectivity index (χ0v) is 8.99. The molecule has 0 fully saturated rings. The standard InChI is InChI=1S/C10H15N5/c1-3-7(4-2)15-10-8-9(12-5-11-8)13-6-14-10/h5-7H,3-4H2,1-2H3,(H2,11,12,13,14,15). The predicted molar refractivity (Wildman–Crippen MR) is 59.7 cm³/mol. The third-order valence-corrected chi connectivity index (χ3v) is 2.54. The lowest BCUT2D eigenvalue weighted by Crippen LogP contribution is -2.18. The average molecular weight is 205 g/mol. The molecule has 0 unspecified atom stereocenters. The van der Waals surface area contributed by atoms with E-state index in [1.54, 1.807) is 12.7 Å². The van der Waals surface area contributed by atoms with Crippen LogP contribution in [0.4, 0.5) is 5.82 Å². The molecule has 0 saturated heterocycles. The van der Waals surface area contributed by atoms with Crippen molar-refractivity contribution in [2.45, 2.75) is 32.7 Å². The van der Waals surface area contributed by atoms with E-state index in [0.717, 1.165) is 29.8 Å². The fourth-order valence-electron chi connectivity index (χ4n) is 1.56. The number of anilines is 1. The fourth-order valence-corrected chi connectivity index (χ4v) is 1.56. The Morgan fingerprint density at radius 1 is 1.27 bits per heavy atom. The van der Waals surface area contributed by atoms with Gasteiger partial charge in [0, 0.05) is 6.04 Å². The summed E-state index contributed by atoms with van der Waals surface area (Å²) >= 11 is 0. The molecule has 2 aromatic rings. The maximum atomic E-state index is 4.21. The minimum absolute atomic E-state index is 0.444. The fraction of sp³-hybridized carbons (Fsp3) is 0.500. The van der Waals surface area contributed by atoms with Crippen LogP contribution in [0.15, 0.2) is 12.7 Å². The lowest BCUT2D eigenvalue weighted by molar-refractivity contribution is 0.669. The number of hydrogen-bond donors (Lipinski definition) is 2. The number of fused-ring (bicyclic) bond motifs is 1. The second-order valence-electron chi connectivity index (χ2n) is 3.48. The van der Waals surface area contributed by atoms with E-state index in [0.29, 0.717) is 6.04 Å². The first-order valence-electron chi connectivity index (χ1n) is 5.25. The van der Waals surface area contributed by atoms with Crippen LogP contribution in [0.5, 0.6) is 0 Å². The molecule has 2 rings (SSSR count). The van der Waals surface area contributed by atoms with Crippen molar-refractivity contribution in [1.29, 1.82) is 0 Å². The van der Waals surface area contributed by atoms with Gasteiger partial charge >= 0.3 is 0 Å². The smallest absolute Gasteiger partial charge is 0.162 e. The third kappa shape index (κ3) is 1.91. The number of nitrogens with one attached hydrogen (secondary N) is 2. The van der Waals surface area contributed by atoms with Gasteiger partial charge in [0.05, 0.1) is 6.33 Å². The van der Waals surface area contributed by atoms with E-state index in [1.165, 1.54) is 0 Å². The number of imidazole rings is 1. The van der Waals surface area contributed by atoms with Crippen LogP contribution in [0.2, 0.25) is 0 Å². The van der Waals surface area contributed by atoms with E-state index in [9.17, 15) is 0 Å². The summed E-state index contributed by atoms with van der Waals surface area (Å²) in [6, 6.07) is 0.444. The highest BCUT2D eigenvalue weighted by Gasteiger charge is 2.09. The molecule has 0 spiro atoms. The van der Waals surface area contributed by atoms with Gasteiger partial charge in [-0.15, -0.1) is 0 Å². The van der Waals surface area contributed by atoms with Gasteiger partial charge in [-0.2, -0.15) is 0 Å². The molecule has 15 heavy (non-hydrogen) atoms. The van der Waals surface area contributed by atoms with Crippen LogP contribution < -0.4 is 5.32 Å². The van der Waals surface area contributed by atoms with E-state index in [2.05, 4.69) is 39.1 Å². The molecule has 0 aliphatic carbocycles. The summed E-state index contributed by atoms with van der Waals surface area (Å²) in [7, 11) is 0. The first kappa shape index (κ1) is 9.89. The zero-order valence-electron chi connectivity index (χ0n) is 8.99. The molecule has 0 bridgehead atoms. The van der Waals surface area contributed by atoms with Crippen LogP contribution in [-0.4, -0.2) is 26.0 Å². The van der Waals surface area contributed by atoms with Crippen LogP contribution in [0.1, 0.15) is 26.7 Å². The molecule has 0 aliphatic rings.